The minimum Gasteiger partial charge on any atom is -0.492 e. The maximum absolute atomic E-state index is 11.6. The van der Waals surface area contributed by atoms with Crippen molar-refractivity contribution in [2.75, 3.05) is 7.11 Å². The number of methoxy groups -OCH3 is 1. The summed E-state index contributed by atoms with van der Waals surface area (Å²) in [6.45, 7) is 1.77. The molecule has 0 bridgehead atoms. The molecule has 0 aliphatic heterocycles. The predicted octanol–water partition coefficient (Wildman–Crippen LogP) is 0.798. The van der Waals surface area contributed by atoms with Crippen molar-refractivity contribution in [1.29, 1.82) is 0 Å². The number of hydrogen-bond donors (Lipinski definition) is 2. The maximum Gasteiger partial charge on any atom is 0.268 e. The molecule has 0 aromatic carbocycles. The fourth-order valence-electron chi connectivity index (χ4n) is 1.71. The Balaban J connectivity index is 2.73. The van der Waals surface area contributed by atoms with Gasteiger partial charge < -0.3 is 14.8 Å². The summed E-state index contributed by atoms with van der Waals surface area (Å²) in [5, 5.41) is 13.8. The molecule has 0 unspecified atom stereocenters. The van der Waals surface area contributed by atoms with E-state index in [1.807, 2.05) is 0 Å². The Morgan fingerprint density at radius 1 is 1.50 bits per heavy atom. The highest BCUT2D eigenvalue weighted by molar-refractivity contribution is 14.1. The van der Waals surface area contributed by atoms with Crippen molar-refractivity contribution in [2.45, 2.75) is 6.92 Å². The topological polar surface area (TPSA) is 93.0 Å². The highest BCUT2D eigenvalue weighted by Gasteiger charge is 2.19. The van der Waals surface area contributed by atoms with E-state index in [0.29, 0.717) is 17.1 Å². The highest BCUT2D eigenvalue weighted by Crippen LogP contribution is 2.30. The number of nitrogens with zero attached hydrogens (tertiary/aromatic N) is 3. The number of halogens is 1. The van der Waals surface area contributed by atoms with E-state index in [2.05, 4.69) is 15.1 Å². The lowest BCUT2D eigenvalue weighted by Gasteiger charge is -2.05. The van der Waals surface area contributed by atoms with Gasteiger partial charge in [0.05, 0.1) is 12.8 Å². The van der Waals surface area contributed by atoms with Crippen LogP contribution < -0.4 is 10.3 Å². The number of nitrogens with one attached hydrogen (secondary N) is 1. The highest BCUT2D eigenvalue weighted by atomic mass is 127. The van der Waals surface area contributed by atoms with Crippen LogP contribution in [0.5, 0.6) is 11.8 Å². The van der Waals surface area contributed by atoms with Gasteiger partial charge in [-0.25, -0.2) is 4.68 Å². The second-order valence-electron chi connectivity index (χ2n) is 3.65. The molecule has 0 amide bonds. The van der Waals surface area contributed by atoms with Gasteiger partial charge in [-0.05, 0) is 29.5 Å². The molecule has 2 heterocycles. The normalized spacial score (nSPS) is 10.7. The lowest BCUT2D eigenvalue weighted by Crippen LogP contribution is -2.12. The van der Waals surface area contributed by atoms with Gasteiger partial charge in [-0.3, -0.25) is 4.79 Å². The summed E-state index contributed by atoms with van der Waals surface area (Å²) < 4.78 is 6.91. The largest absolute Gasteiger partial charge is 0.492 e. The molecule has 0 saturated carbocycles. The summed E-state index contributed by atoms with van der Waals surface area (Å²) in [4.78, 5) is 18.2. The predicted molar refractivity (Wildman–Crippen MR) is 72.7 cm³/mol. The quantitative estimate of drug-likeness (QED) is 0.771. The zero-order chi connectivity index (χ0) is 13.4. The summed E-state index contributed by atoms with van der Waals surface area (Å²) in [7, 11) is 3.23. The van der Waals surface area contributed by atoms with Crippen LogP contribution in [0.15, 0.2) is 4.79 Å². The van der Waals surface area contributed by atoms with E-state index >= 15 is 0 Å². The Kier molecular flexibility index (Phi) is 3.28. The minimum absolute atomic E-state index is 0.150. The summed E-state index contributed by atoms with van der Waals surface area (Å²) in [6, 6.07) is 0. The third-order valence-corrected chi connectivity index (χ3v) is 3.42. The second-order valence-corrected chi connectivity index (χ2v) is 4.72. The standard InChI is InChI=1S/C10H11IN4O3/c1-4-5(10(18-3)15(2)14-4)7-12-8(16)6(11)9(17)13-7/h1-3H3,(H2,12,13,16,17). The Hall–Kier alpha value is -1.58. The molecule has 0 spiro atoms. The van der Waals surface area contributed by atoms with Crippen LogP contribution >= 0.6 is 22.6 Å². The third-order valence-electron chi connectivity index (χ3n) is 2.45. The molecular formula is C10H11IN4O3. The molecule has 2 aromatic rings. The van der Waals surface area contributed by atoms with Gasteiger partial charge in [-0.1, -0.05) is 0 Å². The Bertz CT molecular complexity index is 662. The van der Waals surface area contributed by atoms with Gasteiger partial charge in [0.25, 0.3) is 5.56 Å². The van der Waals surface area contributed by atoms with Gasteiger partial charge in [-0.2, -0.15) is 10.1 Å². The first-order valence-electron chi connectivity index (χ1n) is 5.02. The van der Waals surface area contributed by atoms with E-state index in [0.717, 1.165) is 0 Å². The first-order chi connectivity index (χ1) is 8.45. The monoisotopic (exact) mass is 362 g/mol. The molecule has 96 valence electrons. The Morgan fingerprint density at radius 3 is 2.72 bits per heavy atom. The lowest BCUT2D eigenvalue weighted by atomic mass is 10.2. The van der Waals surface area contributed by atoms with Crippen LogP contribution in [0.2, 0.25) is 0 Å². The maximum atomic E-state index is 11.6. The molecule has 7 nitrogen and oxygen atoms in total. The first kappa shape index (κ1) is 12.9. The fraction of sp³-hybridized carbons (Fsp3) is 0.300. The van der Waals surface area contributed by atoms with Crippen molar-refractivity contribution in [3.63, 3.8) is 0 Å². The molecule has 0 aliphatic carbocycles. The number of H-pyrrole nitrogens is 1. The van der Waals surface area contributed by atoms with E-state index in [-0.39, 0.29) is 15.3 Å². The molecule has 2 aromatic heterocycles. The second kappa shape index (κ2) is 4.59. The van der Waals surface area contributed by atoms with Crippen LogP contribution in [0.1, 0.15) is 5.69 Å². The van der Waals surface area contributed by atoms with E-state index in [4.69, 9.17) is 4.74 Å². The molecule has 0 saturated heterocycles. The van der Waals surface area contributed by atoms with Crippen LogP contribution in [0.4, 0.5) is 0 Å². The number of aromatic hydroxyl groups is 1. The SMILES string of the molecule is COc1c(-c2nc(O)c(I)c(=O)[nH]2)c(C)nn1C. The van der Waals surface area contributed by atoms with Crippen molar-refractivity contribution < 1.29 is 9.84 Å². The average molecular weight is 362 g/mol. The lowest BCUT2D eigenvalue weighted by molar-refractivity contribution is 0.374. The number of rotatable bonds is 2. The summed E-state index contributed by atoms with van der Waals surface area (Å²) in [5.41, 5.74) is 0.810. The van der Waals surface area contributed by atoms with Gasteiger partial charge in [-0.15, -0.1) is 0 Å². The van der Waals surface area contributed by atoms with Crippen molar-refractivity contribution in [2.24, 2.45) is 7.05 Å². The Labute approximate surface area is 116 Å². The van der Waals surface area contributed by atoms with Crippen LogP contribution in [0.3, 0.4) is 0 Å². The fourth-order valence-corrected chi connectivity index (χ4v) is 1.96. The zero-order valence-corrected chi connectivity index (χ0v) is 12.1. The third kappa shape index (κ3) is 1.96. The first-order valence-corrected chi connectivity index (χ1v) is 6.10. The van der Waals surface area contributed by atoms with Gasteiger partial charge in [0.15, 0.2) is 5.82 Å². The molecule has 0 aliphatic rings. The molecule has 2 N–H and O–H groups in total. The van der Waals surface area contributed by atoms with Crippen molar-refractivity contribution in [3.8, 4) is 23.1 Å². The molecule has 18 heavy (non-hydrogen) atoms. The smallest absolute Gasteiger partial charge is 0.268 e. The van der Waals surface area contributed by atoms with Crippen LogP contribution in [-0.4, -0.2) is 32.0 Å². The van der Waals surface area contributed by atoms with E-state index in [9.17, 15) is 9.90 Å². The van der Waals surface area contributed by atoms with Gasteiger partial charge in [0.2, 0.25) is 11.8 Å². The van der Waals surface area contributed by atoms with E-state index in [1.54, 1.807) is 41.2 Å². The van der Waals surface area contributed by atoms with Crippen LogP contribution in [-0.2, 0) is 7.05 Å². The van der Waals surface area contributed by atoms with E-state index in [1.165, 1.54) is 7.11 Å². The molecule has 0 fully saturated rings. The van der Waals surface area contributed by atoms with Crippen molar-refractivity contribution >= 4 is 22.6 Å². The van der Waals surface area contributed by atoms with Gasteiger partial charge in [0.1, 0.15) is 9.13 Å². The van der Waals surface area contributed by atoms with Crippen molar-refractivity contribution in [3.05, 3.63) is 19.6 Å². The molecule has 8 heteroatoms. The van der Waals surface area contributed by atoms with Crippen LogP contribution in [0, 0.1) is 10.5 Å². The zero-order valence-electron chi connectivity index (χ0n) is 9.98. The van der Waals surface area contributed by atoms with Crippen LogP contribution in [0.25, 0.3) is 11.4 Å². The number of aromatic nitrogens is 4. The molecule has 2 rings (SSSR count). The number of aromatic amines is 1. The Morgan fingerprint density at radius 2 is 2.17 bits per heavy atom. The minimum atomic E-state index is -0.400. The van der Waals surface area contributed by atoms with Crippen molar-refractivity contribution in [1.82, 2.24) is 19.7 Å². The average Bonchev–Trinajstić information content (AvgIpc) is 2.59. The molecule has 0 radical (unpaired) electrons. The molecule has 0 atom stereocenters. The number of aryl methyl sites for hydroxylation is 2. The number of hydrogen-bond acceptors (Lipinski definition) is 5. The van der Waals surface area contributed by atoms with Gasteiger partial charge in [0, 0.05) is 7.05 Å². The van der Waals surface area contributed by atoms with E-state index < -0.39 is 5.56 Å². The summed E-state index contributed by atoms with van der Waals surface area (Å²) >= 11 is 1.73. The summed E-state index contributed by atoms with van der Waals surface area (Å²) in [5.74, 6) is 0.399. The summed E-state index contributed by atoms with van der Waals surface area (Å²) in [6.07, 6.45) is 0. The number of ether oxygens (including phenoxy) is 1. The van der Waals surface area contributed by atoms with Gasteiger partial charge >= 0.3 is 0 Å². The molecular weight excluding hydrogens is 351 g/mol.